The second-order valence-electron chi connectivity index (χ2n) is 4.45. The molecule has 1 aliphatic heterocycles. The number of carbonyl (C=O) groups is 1. The standard InChI is InChI=1S/C13H19N3O/c1-10(14)11-2-4-12(5-3-11)13(17)16-8-6-15-7-9-16/h2-5,10,15H,6-9,14H2,1H3. The topological polar surface area (TPSA) is 58.4 Å². The molecule has 1 saturated heterocycles. The van der Waals surface area contributed by atoms with Crippen LogP contribution in [0.2, 0.25) is 0 Å². The summed E-state index contributed by atoms with van der Waals surface area (Å²) in [4.78, 5) is 14.0. The fourth-order valence-electron chi connectivity index (χ4n) is 1.98. The van der Waals surface area contributed by atoms with Crippen LogP contribution in [-0.2, 0) is 0 Å². The first-order valence-electron chi connectivity index (χ1n) is 6.04. The lowest BCUT2D eigenvalue weighted by Crippen LogP contribution is -2.46. The van der Waals surface area contributed by atoms with Crippen LogP contribution < -0.4 is 11.1 Å². The molecule has 0 saturated carbocycles. The van der Waals surface area contributed by atoms with Crippen molar-refractivity contribution in [1.82, 2.24) is 10.2 Å². The van der Waals surface area contributed by atoms with E-state index in [1.807, 2.05) is 36.1 Å². The van der Waals surface area contributed by atoms with Crippen LogP contribution in [0.15, 0.2) is 24.3 Å². The van der Waals surface area contributed by atoms with Crippen LogP contribution in [0, 0.1) is 0 Å². The highest BCUT2D eigenvalue weighted by atomic mass is 16.2. The Labute approximate surface area is 102 Å². The number of amides is 1. The SMILES string of the molecule is CC(N)c1ccc(C(=O)N2CCNCC2)cc1. The zero-order valence-corrected chi connectivity index (χ0v) is 10.1. The number of nitrogens with one attached hydrogen (secondary N) is 1. The van der Waals surface area contributed by atoms with E-state index < -0.39 is 0 Å². The van der Waals surface area contributed by atoms with Crippen LogP contribution in [0.5, 0.6) is 0 Å². The molecule has 1 fully saturated rings. The van der Waals surface area contributed by atoms with Crippen molar-refractivity contribution in [3.8, 4) is 0 Å². The lowest BCUT2D eigenvalue weighted by molar-refractivity contribution is 0.0736. The van der Waals surface area contributed by atoms with Crippen molar-refractivity contribution in [2.45, 2.75) is 13.0 Å². The molecule has 1 unspecified atom stereocenters. The molecule has 4 nitrogen and oxygen atoms in total. The highest BCUT2D eigenvalue weighted by molar-refractivity contribution is 5.94. The normalized spacial score (nSPS) is 17.9. The van der Waals surface area contributed by atoms with Gasteiger partial charge in [-0.25, -0.2) is 0 Å². The first-order chi connectivity index (χ1) is 8.18. The molecular weight excluding hydrogens is 214 g/mol. The predicted octanol–water partition coefficient (Wildman–Crippen LogP) is 0.752. The van der Waals surface area contributed by atoms with Crippen molar-refractivity contribution in [1.29, 1.82) is 0 Å². The third-order valence-electron chi connectivity index (χ3n) is 3.09. The van der Waals surface area contributed by atoms with Crippen LogP contribution in [0.25, 0.3) is 0 Å². The molecule has 0 bridgehead atoms. The molecule has 0 aromatic heterocycles. The molecule has 1 aromatic carbocycles. The van der Waals surface area contributed by atoms with Gasteiger partial charge in [-0.1, -0.05) is 12.1 Å². The number of benzene rings is 1. The van der Waals surface area contributed by atoms with Gasteiger partial charge in [-0.3, -0.25) is 4.79 Å². The Balaban J connectivity index is 2.08. The molecule has 0 aliphatic carbocycles. The summed E-state index contributed by atoms with van der Waals surface area (Å²) in [7, 11) is 0. The Bertz CT molecular complexity index is 380. The van der Waals surface area contributed by atoms with Gasteiger partial charge in [-0.05, 0) is 24.6 Å². The summed E-state index contributed by atoms with van der Waals surface area (Å²) in [6.45, 7) is 5.27. The molecule has 1 amide bonds. The lowest BCUT2D eigenvalue weighted by atomic mass is 10.1. The smallest absolute Gasteiger partial charge is 0.253 e. The second kappa shape index (κ2) is 5.29. The average Bonchev–Trinajstić information content (AvgIpc) is 2.39. The van der Waals surface area contributed by atoms with Crippen LogP contribution in [0.1, 0.15) is 28.9 Å². The fraction of sp³-hybridized carbons (Fsp3) is 0.462. The Morgan fingerprint density at radius 1 is 1.29 bits per heavy atom. The fourth-order valence-corrected chi connectivity index (χ4v) is 1.98. The number of rotatable bonds is 2. The van der Waals surface area contributed by atoms with Gasteiger partial charge in [-0.2, -0.15) is 0 Å². The first-order valence-corrected chi connectivity index (χ1v) is 6.04. The summed E-state index contributed by atoms with van der Waals surface area (Å²) in [6.07, 6.45) is 0. The minimum atomic E-state index is 0.0124. The van der Waals surface area contributed by atoms with Gasteiger partial charge in [0.2, 0.25) is 0 Å². The van der Waals surface area contributed by atoms with E-state index in [4.69, 9.17) is 5.73 Å². The van der Waals surface area contributed by atoms with Gasteiger partial charge in [-0.15, -0.1) is 0 Å². The van der Waals surface area contributed by atoms with E-state index >= 15 is 0 Å². The van der Waals surface area contributed by atoms with E-state index in [0.717, 1.165) is 37.3 Å². The molecule has 0 radical (unpaired) electrons. The zero-order valence-electron chi connectivity index (χ0n) is 10.1. The Morgan fingerprint density at radius 3 is 2.41 bits per heavy atom. The molecule has 92 valence electrons. The zero-order chi connectivity index (χ0) is 12.3. The molecule has 1 heterocycles. The summed E-state index contributed by atoms with van der Waals surface area (Å²) in [6, 6.07) is 7.60. The molecule has 3 N–H and O–H groups in total. The van der Waals surface area contributed by atoms with Gasteiger partial charge in [0.15, 0.2) is 0 Å². The number of piperazine rings is 1. The minimum absolute atomic E-state index is 0.0124. The number of hydrogen-bond donors (Lipinski definition) is 2. The van der Waals surface area contributed by atoms with Crippen molar-refractivity contribution in [3.05, 3.63) is 35.4 Å². The Hall–Kier alpha value is -1.39. The van der Waals surface area contributed by atoms with Crippen molar-refractivity contribution in [2.75, 3.05) is 26.2 Å². The average molecular weight is 233 g/mol. The molecule has 2 rings (SSSR count). The molecule has 1 atom stereocenters. The van der Waals surface area contributed by atoms with E-state index in [-0.39, 0.29) is 11.9 Å². The van der Waals surface area contributed by atoms with E-state index in [9.17, 15) is 4.79 Å². The predicted molar refractivity (Wildman–Crippen MR) is 67.8 cm³/mol. The third-order valence-corrected chi connectivity index (χ3v) is 3.09. The maximum atomic E-state index is 12.1. The summed E-state index contributed by atoms with van der Waals surface area (Å²) in [5.74, 6) is 0.114. The van der Waals surface area contributed by atoms with Crippen molar-refractivity contribution in [2.24, 2.45) is 5.73 Å². The van der Waals surface area contributed by atoms with E-state index in [1.165, 1.54) is 0 Å². The molecule has 1 aromatic rings. The molecule has 4 heteroatoms. The van der Waals surface area contributed by atoms with Gasteiger partial charge in [0.05, 0.1) is 0 Å². The summed E-state index contributed by atoms with van der Waals surface area (Å²) in [5.41, 5.74) is 7.58. The number of nitrogens with two attached hydrogens (primary N) is 1. The van der Waals surface area contributed by atoms with Crippen LogP contribution in [-0.4, -0.2) is 37.0 Å². The summed E-state index contributed by atoms with van der Waals surface area (Å²) >= 11 is 0. The van der Waals surface area contributed by atoms with Gasteiger partial charge >= 0.3 is 0 Å². The van der Waals surface area contributed by atoms with Gasteiger partial charge in [0, 0.05) is 37.8 Å². The van der Waals surface area contributed by atoms with Crippen LogP contribution in [0.4, 0.5) is 0 Å². The van der Waals surface area contributed by atoms with Crippen molar-refractivity contribution < 1.29 is 4.79 Å². The third kappa shape index (κ3) is 2.84. The molecule has 0 spiro atoms. The number of carbonyl (C=O) groups excluding carboxylic acids is 1. The highest BCUT2D eigenvalue weighted by Crippen LogP contribution is 2.12. The summed E-state index contributed by atoms with van der Waals surface area (Å²) in [5, 5.41) is 3.23. The molecule has 17 heavy (non-hydrogen) atoms. The maximum absolute atomic E-state index is 12.1. The van der Waals surface area contributed by atoms with E-state index in [1.54, 1.807) is 0 Å². The second-order valence-corrected chi connectivity index (χ2v) is 4.45. The minimum Gasteiger partial charge on any atom is -0.336 e. The Morgan fingerprint density at radius 2 is 1.88 bits per heavy atom. The molecular formula is C13H19N3O. The van der Waals surface area contributed by atoms with E-state index in [2.05, 4.69) is 5.32 Å². The van der Waals surface area contributed by atoms with E-state index in [0.29, 0.717) is 0 Å². The quantitative estimate of drug-likeness (QED) is 0.792. The maximum Gasteiger partial charge on any atom is 0.253 e. The largest absolute Gasteiger partial charge is 0.336 e. The first kappa shape index (κ1) is 12.1. The van der Waals surface area contributed by atoms with Crippen LogP contribution >= 0.6 is 0 Å². The number of nitrogens with zero attached hydrogens (tertiary/aromatic N) is 1. The lowest BCUT2D eigenvalue weighted by Gasteiger charge is -2.27. The Kier molecular flexibility index (Phi) is 3.76. The van der Waals surface area contributed by atoms with Crippen molar-refractivity contribution >= 4 is 5.91 Å². The highest BCUT2D eigenvalue weighted by Gasteiger charge is 2.17. The monoisotopic (exact) mass is 233 g/mol. The summed E-state index contributed by atoms with van der Waals surface area (Å²) < 4.78 is 0. The molecule has 1 aliphatic rings. The van der Waals surface area contributed by atoms with Gasteiger partial charge in [0.25, 0.3) is 5.91 Å². The number of hydrogen-bond acceptors (Lipinski definition) is 3. The van der Waals surface area contributed by atoms with Crippen molar-refractivity contribution in [3.63, 3.8) is 0 Å². The van der Waals surface area contributed by atoms with Crippen LogP contribution in [0.3, 0.4) is 0 Å². The van der Waals surface area contributed by atoms with Gasteiger partial charge in [0.1, 0.15) is 0 Å². The van der Waals surface area contributed by atoms with Gasteiger partial charge < -0.3 is 16.0 Å².